The highest BCUT2D eigenvalue weighted by Gasteiger charge is 2.12. The van der Waals surface area contributed by atoms with Crippen molar-refractivity contribution in [2.45, 2.75) is 13.3 Å². The Balaban J connectivity index is 2.62. The topological polar surface area (TPSA) is 17.1 Å². The molecule has 0 fully saturated rings. The minimum Gasteiger partial charge on any atom is -0.300 e. The van der Waals surface area contributed by atoms with Crippen LogP contribution in [0.1, 0.15) is 12.5 Å². The highest BCUT2D eigenvalue weighted by molar-refractivity contribution is 7.80. The molecule has 1 aromatic carbocycles. The first-order valence-electron chi connectivity index (χ1n) is 4.39. The van der Waals surface area contributed by atoms with Gasteiger partial charge >= 0.3 is 0 Å². The van der Waals surface area contributed by atoms with Gasteiger partial charge in [0.1, 0.15) is 5.78 Å². The summed E-state index contributed by atoms with van der Waals surface area (Å²) < 4.78 is 0. The Morgan fingerprint density at radius 1 is 1.38 bits per heavy atom. The number of carbonyl (C=O) groups is 1. The molecule has 1 unspecified atom stereocenters. The van der Waals surface area contributed by atoms with Gasteiger partial charge in [0, 0.05) is 11.7 Å². The summed E-state index contributed by atoms with van der Waals surface area (Å²) in [6, 6.07) is 10.0. The van der Waals surface area contributed by atoms with Gasteiger partial charge in [-0.2, -0.15) is 12.6 Å². The molecule has 0 bridgehead atoms. The lowest BCUT2D eigenvalue weighted by Gasteiger charge is -2.09. The normalized spacial score (nSPS) is 12.5. The lowest BCUT2D eigenvalue weighted by atomic mass is 9.98. The van der Waals surface area contributed by atoms with Crippen molar-refractivity contribution in [3.63, 3.8) is 0 Å². The van der Waals surface area contributed by atoms with Crippen molar-refractivity contribution in [3.8, 4) is 0 Å². The van der Waals surface area contributed by atoms with E-state index in [1.807, 2.05) is 30.3 Å². The Kier molecular flexibility index (Phi) is 4.03. The number of ketones is 1. The van der Waals surface area contributed by atoms with Gasteiger partial charge in [0.25, 0.3) is 0 Å². The Morgan fingerprint density at radius 3 is 2.46 bits per heavy atom. The Hall–Kier alpha value is -0.760. The molecule has 0 aliphatic heterocycles. The molecule has 0 spiro atoms. The van der Waals surface area contributed by atoms with Crippen LogP contribution in [0.3, 0.4) is 0 Å². The van der Waals surface area contributed by atoms with Gasteiger partial charge in [-0.15, -0.1) is 0 Å². The highest BCUT2D eigenvalue weighted by atomic mass is 32.1. The minimum absolute atomic E-state index is 0.0609. The second-order valence-electron chi connectivity index (χ2n) is 3.18. The molecule has 0 aliphatic carbocycles. The molecule has 2 heteroatoms. The monoisotopic (exact) mass is 194 g/mol. The third kappa shape index (κ3) is 3.23. The quantitative estimate of drug-likeness (QED) is 0.728. The SMILES string of the molecule is CC(=O)C(CS)Cc1ccccc1. The molecule has 1 atom stereocenters. The first kappa shape index (κ1) is 10.3. The molecule has 70 valence electrons. The molecule has 1 aromatic rings. The van der Waals surface area contributed by atoms with Crippen molar-refractivity contribution in [1.29, 1.82) is 0 Å². The van der Waals surface area contributed by atoms with Crippen molar-refractivity contribution in [1.82, 2.24) is 0 Å². The lowest BCUT2D eigenvalue weighted by molar-refractivity contribution is -0.120. The molecule has 0 N–H and O–H groups in total. The van der Waals surface area contributed by atoms with Crippen LogP contribution >= 0.6 is 12.6 Å². The zero-order chi connectivity index (χ0) is 9.68. The summed E-state index contributed by atoms with van der Waals surface area (Å²) in [7, 11) is 0. The first-order chi connectivity index (χ1) is 6.24. The van der Waals surface area contributed by atoms with Gasteiger partial charge in [-0.05, 0) is 18.9 Å². The predicted octanol–water partition coefficient (Wildman–Crippen LogP) is 2.36. The molecule has 0 radical (unpaired) electrons. The van der Waals surface area contributed by atoms with Crippen molar-refractivity contribution in [2.24, 2.45) is 5.92 Å². The van der Waals surface area contributed by atoms with E-state index in [1.54, 1.807) is 6.92 Å². The van der Waals surface area contributed by atoms with Crippen molar-refractivity contribution < 1.29 is 4.79 Å². The van der Waals surface area contributed by atoms with Gasteiger partial charge in [0.05, 0.1) is 0 Å². The molecule has 0 saturated heterocycles. The Bertz CT molecular complexity index is 269. The zero-order valence-electron chi connectivity index (χ0n) is 7.73. The summed E-state index contributed by atoms with van der Waals surface area (Å²) in [6.07, 6.45) is 0.805. The summed E-state index contributed by atoms with van der Waals surface area (Å²) in [5, 5.41) is 0. The molecule has 0 aromatic heterocycles. The van der Waals surface area contributed by atoms with Crippen LogP contribution in [0.25, 0.3) is 0 Å². The van der Waals surface area contributed by atoms with E-state index < -0.39 is 0 Å². The van der Waals surface area contributed by atoms with E-state index in [-0.39, 0.29) is 11.7 Å². The number of rotatable bonds is 4. The van der Waals surface area contributed by atoms with Crippen molar-refractivity contribution in [3.05, 3.63) is 35.9 Å². The maximum atomic E-state index is 11.1. The average molecular weight is 194 g/mol. The fourth-order valence-electron chi connectivity index (χ4n) is 1.24. The smallest absolute Gasteiger partial charge is 0.134 e. The summed E-state index contributed by atoms with van der Waals surface area (Å²) in [6.45, 7) is 1.63. The molecule has 0 amide bonds. The second-order valence-corrected chi connectivity index (χ2v) is 3.55. The van der Waals surface area contributed by atoms with E-state index in [2.05, 4.69) is 12.6 Å². The maximum absolute atomic E-state index is 11.1. The van der Waals surface area contributed by atoms with E-state index in [0.717, 1.165) is 6.42 Å². The van der Waals surface area contributed by atoms with Crippen LogP contribution < -0.4 is 0 Å². The number of hydrogen-bond donors (Lipinski definition) is 1. The summed E-state index contributed by atoms with van der Waals surface area (Å²) >= 11 is 4.16. The number of Topliss-reactive ketones (excluding diaryl/α,β-unsaturated/α-hetero) is 1. The summed E-state index contributed by atoms with van der Waals surface area (Å²) in [4.78, 5) is 11.1. The molecule has 13 heavy (non-hydrogen) atoms. The van der Waals surface area contributed by atoms with Crippen LogP contribution in [-0.4, -0.2) is 11.5 Å². The fraction of sp³-hybridized carbons (Fsp3) is 0.364. The highest BCUT2D eigenvalue weighted by Crippen LogP contribution is 2.10. The lowest BCUT2D eigenvalue weighted by Crippen LogP contribution is -2.15. The number of hydrogen-bond acceptors (Lipinski definition) is 2. The molecule has 1 rings (SSSR count). The van der Waals surface area contributed by atoms with E-state index in [9.17, 15) is 4.79 Å². The predicted molar refractivity (Wildman–Crippen MR) is 58.2 cm³/mol. The Morgan fingerprint density at radius 2 is 2.00 bits per heavy atom. The van der Waals surface area contributed by atoms with Crippen LogP contribution in [-0.2, 0) is 11.2 Å². The third-order valence-electron chi connectivity index (χ3n) is 2.12. The largest absolute Gasteiger partial charge is 0.300 e. The van der Waals surface area contributed by atoms with Gasteiger partial charge in [-0.3, -0.25) is 4.79 Å². The number of thiol groups is 1. The minimum atomic E-state index is 0.0609. The van der Waals surface area contributed by atoms with Crippen LogP contribution in [0.5, 0.6) is 0 Å². The summed E-state index contributed by atoms with van der Waals surface area (Å²) in [5.74, 6) is 0.911. The van der Waals surface area contributed by atoms with E-state index in [1.165, 1.54) is 5.56 Å². The first-order valence-corrected chi connectivity index (χ1v) is 5.02. The molecule has 0 saturated carbocycles. The number of benzene rings is 1. The Labute approximate surface area is 84.6 Å². The van der Waals surface area contributed by atoms with Crippen LogP contribution in [0, 0.1) is 5.92 Å². The van der Waals surface area contributed by atoms with E-state index >= 15 is 0 Å². The van der Waals surface area contributed by atoms with Gasteiger partial charge in [0.2, 0.25) is 0 Å². The van der Waals surface area contributed by atoms with Crippen LogP contribution in [0.4, 0.5) is 0 Å². The molecular formula is C11H14OS. The summed E-state index contributed by atoms with van der Waals surface area (Å²) in [5.41, 5.74) is 1.21. The van der Waals surface area contributed by atoms with Crippen molar-refractivity contribution in [2.75, 3.05) is 5.75 Å². The van der Waals surface area contributed by atoms with Crippen LogP contribution in [0.2, 0.25) is 0 Å². The molecule has 0 heterocycles. The standard InChI is InChI=1S/C11H14OS/c1-9(12)11(8-13)7-10-5-3-2-4-6-10/h2-6,11,13H,7-8H2,1H3. The second kappa shape index (κ2) is 5.07. The zero-order valence-corrected chi connectivity index (χ0v) is 8.63. The van der Waals surface area contributed by atoms with Gasteiger partial charge in [0.15, 0.2) is 0 Å². The maximum Gasteiger partial charge on any atom is 0.134 e. The average Bonchev–Trinajstić information content (AvgIpc) is 2.15. The molecular weight excluding hydrogens is 180 g/mol. The van der Waals surface area contributed by atoms with E-state index in [4.69, 9.17) is 0 Å². The molecule has 1 nitrogen and oxygen atoms in total. The third-order valence-corrected chi connectivity index (χ3v) is 2.56. The fourth-order valence-corrected chi connectivity index (χ4v) is 1.62. The number of carbonyl (C=O) groups excluding carboxylic acids is 1. The van der Waals surface area contributed by atoms with Crippen molar-refractivity contribution >= 4 is 18.4 Å². The van der Waals surface area contributed by atoms with Gasteiger partial charge < -0.3 is 0 Å². The van der Waals surface area contributed by atoms with E-state index in [0.29, 0.717) is 5.75 Å². The van der Waals surface area contributed by atoms with Crippen LogP contribution in [0.15, 0.2) is 30.3 Å². The molecule has 0 aliphatic rings. The van der Waals surface area contributed by atoms with Gasteiger partial charge in [-0.25, -0.2) is 0 Å². The van der Waals surface area contributed by atoms with Gasteiger partial charge in [-0.1, -0.05) is 30.3 Å².